The molecule has 1 heterocycles. The van der Waals surface area contributed by atoms with Crippen molar-refractivity contribution in [3.05, 3.63) is 82.3 Å². The lowest BCUT2D eigenvalue weighted by atomic mass is 10.1. The predicted octanol–water partition coefficient (Wildman–Crippen LogP) is 3.99. The molecule has 1 aromatic heterocycles. The largest absolute Gasteiger partial charge is 0.319 e. The monoisotopic (exact) mass is 341 g/mol. The number of hydrogen-bond donors (Lipinski definition) is 1. The fourth-order valence-corrected chi connectivity index (χ4v) is 2.61. The van der Waals surface area contributed by atoms with Gasteiger partial charge in [-0.1, -0.05) is 46.3 Å². The molecule has 0 fully saturated rings. The summed E-state index contributed by atoms with van der Waals surface area (Å²) in [5.74, 6) is 0. The molecule has 2 N–H and O–H groups in total. The maximum atomic E-state index is 6.40. The number of halogens is 1. The Morgan fingerprint density at radius 3 is 2.62 bits per heavy atom. The van der Waals surface area contributed by atoms with Gasteiger partial charge in [-0.2, -0.15) is 0 Å². The molecule has 3 aromatic rings. The summed E-state index contributed by atoms with van der Waals surface area (Å²) in [4.78, 5) is 4.27. The highest BCUT2D eigenvalue weighted by molar-refractivity contribution is 9.10. The summed E-state index contributed by atoms with van der Waals surface area (Å²) in [6, 6.07) is 16.1. The van der Waals surface area contributed by atoms with E-state index in [1.165, 1.54) is 5.56 Å². The summed E-state index contributed by atoms with van der Waals surface area (Å²) in [5.41, 5.74) is 10.7. The molecular weight excluding hydrogens is 326 g/mol. The molecule has 0 radical (unpaired) electrons. The first-order valence-electron chi connectivity index (χ1n) is 6.76. The van der Waals surface area contributed by atoms with Crippen molar-refractivity contribution in [2.24, 2.45) is 5.73 Å². The van der Waals surface area contributed by atoms with Crippen LogP contribution in [0.3, 0.4) is 0 Å². The first-order valence-corrected chi connectivity index (χ1v) is 7.55. The fourth-order valence-electron chi connectivity index (χ4n) is 2.36. The Labute approximate surface area is 132 Å². The van der Waals surface area contributed by atoms with Gasteiger partial charge in [0.15, 0.2) is 0 Å². The van der Waals surface area contributed by atoms with E-state index in [2.05, 4.69) is 40.0 Å². The van der Waals surface area contributed by atoms with Crippen LogP contribution in [0, 0.1) is 6.92 Å². The molecule has 3 rings (SSSR count). The van der Waals surface area contributed by atoms with Gasteiger partial charge in [0.05, 0.1) is 24.3 Å². The van der Waals surface area contributed by atoms with Crippen LogP contribution in [0.2, 0.25) is 0 Å². The van der Waals surface area contributed by atoms with Gasteiger partial charge in [-0.05, 0) is 36.2 Å². The normalized spacial score (nSPS) is 12.3. The lowest BCUT2D eigenvalue weighted by Gasteiger charge is -2.15. The van der Waals surface area contributed by atoms with E-state index < -0.39 is 0 Å². The van der Waals surface area contributed by atoms with Gasteiger partial charge in [-0.15, -0.1) is 0 Å². The lowest BCUT2D eigenvalue weighted by molar-refractivity contribution is 0.793. The Morgan fingerprint density at radius 1 is 1.14 bits per heavy atom. The van der Waals surface area contributed by atoms with Gasteiger partial charge in [-0.25, -0.2) is 4.98 Å². The van der Waals surface area contributed by atoms with E-state index in [1.54, 1.807) is 6.33 Å². The van der Waals surface area contributed by atoms with Crippen molar-refractivity contribution in [2.45, 2.75) is 13.0 Å². The van der Waals surface area contributed by atoms with Crippen LogP contribution in [0.25, 0.3) is 5.69 Å². The summed E-state index contributed by atoms with van der Waals surface area (Å²) in [6.07, 6.45) is 3.63. The summed E-state index contributed by atoms with van der Waals surface area (Å²) >= 11 is 3.53. The maximum absolute atomic E-state index is 6.40. The molecule has 0 bridgehead atoms. The van der Waals surface area contributed by atoms with Crippen molar-refractivity contribution in [3.63, 3.8) is 0 Å². The zero-order valence-electron chi connectivity index (χ0n) is 11.7. The van der Waals surface area contributed by atoms with Crippen molar-refractivity contribution in [2.75, 3.05) is 0 Å². The molecule has 21 heavy (non-hydrogen) atoms. The van der Waals surface area contributed by atoms with Crippen molar-refractivity contribution >= 4 is 15.9 Å². The van der Waals surface area contributed by atoms with Crippen molar-refractivity contribution in [1.29, 1.82) is 0 Å². The summed E-state index contributed by atoms with van der Waals surface area (Å²) in [5, 5.41) is 0. The van der Waals surface area contributed by atoms with Crippen molar-refractivity contribution in [3.8, 4) is 5.69 Å². The second kappa shape index (κ2) is 5.84. The molecule has 0 aliphatic heterocycles. The highest BCUT2D eigenvalue weighted by Gasteiger charge is 2.14. The third-order valence-corrected chi connectivity index (χ3v) is 4.45. The first kappa shape index (κ1) is 14.0. The molecule has 0 saturated carbocycles. The Bertz CT molecular complexity index is 750. The Balaban J connectivity index is 2.03. The van der Waals surface area contributed by atoms with Gasteiger partial charge in [0.1, 0.15) is 0 Å². The minimum Gasteiger partial charge on any atom is -0.319 e. The minimum atomic E-state index is -0.197. The molecule has 1 atom stereocenters. The second-order valence-electron chi connectivity index (χ2n) is 5.01. The van der Waals surface area contributed by atoms with Gasteiger partial charge in [0.2, 0.25) is 0 Å². The molecule has 0 saturated heterocycles. The topological polar surface area (TPSA) is 43.8 Å². The number of benzene rings is 2. The molecule has 106 valence electrons. The first-order chi connectivity index (χ1) is 10.2. The van der Waals surface area contributed by atoms with Crippen LogP contribution in [0.1, 0.15) is 22.9 Å². The number of nitrogens with two attached hydrogens (primary N) is 1. The maximum Gasteiger partial charge on any atom is 0.0994 e. The Morgan fingerprint density at radius 2 is 1.90 bits per heavy atom. The van der Waals surface area contributed by atoms with Crippen LogP contribution in [-0.2, 0) is 0 Å². The van der Waals surface area contributed by atoms with Crippen molar-refractivity contribution < 1.29 is 0 Å². The van der Waals surface area contributed by atoms with E-state index in [1.807, 2.05) is 47.2 Å². The van der Waals surface area contributed by atoms with E-state index in [4.69, 9.17) is 5.73 Å². The van der Waals surface area contributed by atoms with Crippen LogP contribution in [-0.4, -0.2) is 9.55 Å². The van der Waals surface area contributed by atoms with E-state index in [9.17, 15) is 0 Å². The quantitative estimate of drug-likeness (QED) is 0.782. The van der Waals surface area contributed by atoms with E-state index in [-0.39, 0.29) is 6.04 Å². The molecule has 0 spiro atoms. The van der Waals surface area contributed by atoms with Crippen molar-refractivity contribution in [1.82, 2.24) is 9.55 Å². The van der Waals surface area contributed by atoms with Crippen LogP contribution in [0.15, 0.2) is 65.5 Å². The van der Waals surface area contributed by atoms with Crippen LogP contribution in [0.5, 0.6) is 0 Å². The van der Waals surface area contributed by atoms with E-state index >= 15 is 0 Å². The highest BCUT2D eigenvalue weighted by Crippen LogP contribution is 2.24. The number of hydrogen-bond acceptors (Lipinski definition) is 2. The fraction of sp³-hybridized carbons (Fsp3) is 0.118. The Hall–Kier alpha value is -1.91. The lowest BCUT2D eigenvalue weighted by Crippen LogP contribution is -2.15. The highest BCUT2D eigenvalue weighted by atomic mass is 79.9. The average molecular weight is 342 g/mol. The smallest absolute Gasteiger partial charge is 0.0994 e. The molecule has 0 aliphatic rings. The number of imidazole rings is 1. The van der Waals surface area contributed by atoms with Gasteiger partial charge in [0.25, 0.3) is 0 Å². The number of aryl methyl sites for hydroxylation is 1. The molecular formula is C17H16BrN3. The zero-order valence-corrected chi connectivity index (χ0v) is 13.3. The van der Waals surface area contributed by atoms with Gasteiger partial charge in [-0.3, -0.25) is 0 Å². The van der Waals surface area contributed by atoms with Crippen LogP contribution in [0.4, 0.5) is 0 Å². The standard InChI is InChI=1S/C17H16BrN3/c1-12-9-14(7-8-15(12)18)21-11-20-10-16(21)17(19)13-5-3-2-4-6-13/h2-11,17H,19H2,1H3. The van der Waals surface area contributed by atoms with Gasteiger partial charge in [0, 0.05) is 10.2 Å². The number of nitrogens with zero attached hydrogens (tertiary/aromatic N) is 2. The number of aromatic nitrogens is 2. The summed E-state index contributed by atoms with van der Waals surface area (Å²) in [6.45, 7) is 2.07. The van der Waals surface area contributed by atoms with E-state index in [0.717, 1.165) is 21.4 Å². The average Bonchev–Trinajstić information content (AvgIpc) is 2.99. The minimum absolute atomic E-state index is 0.197. The van der Waals surface area contributed by atoms with Crippen LogP contribution >= 0.6 is 15.9 Å². The van der Waals surface area contributed by atoms with Gasteiger partial charge < -0.3 is 10.3 Å². The van der Waals surface area contributed by atoms with Gasteiger partial charge >= 0.3 is 0 Å². The Kier molecular flexibility index (Phi) is 3.90. The molecule has 4 heteroatoms. The van der Waals surface area contributed by atoms with E-state index in [0.29, 0.717) is 0 Å². The predicted molar refractivity (Wildman–Crippen MR) is 88.5 cm³/mol. The number of rotatable bonds is 3. The zero-order chi connectivity index (χ0) is 14.8. The molecule has 2 aromatic carbocycles. The molecule has 0 amide bonds. The molecule has 3 nitrogen and oxygen atoms in total. The summed E-state index contributed by atoms with van der Waals surface area (Å²) in [7, 11) is 0. The summed E-state index contributed by atoms with van der Waals surface area (Å²) < 4.78 is 3.14. The molecule has 0 aliphatic carbocycles. The third-order valence-electron chi connectivity index (χ3n) is 3.56. The third kappa shape index (κ3) is 2.77. The second-order valence-corrected chi connectivity index (χ2v) is 5.86. The van der Waals surface area contributed by atoms with Crippen LogP contribution < -0.4 is 5.73 Å². The SMILES string of the molecule is Cc1cc(-n2cncc2C(N)c2ccccc2)ccc1Br. The molecule has 1 unspecified atom stereocenters.